The van der Waals surface area contributed by atoms with Crippen molar-refractivity contribution in [1.82, 2.24) is 20.1 Å². The second-order valence-corrected chi connectivity index (χ2v) is 8.42. The molecule has 2 amide bonds. The highest BCUT2D eigenvalue weighted by Gasteiger charge is 2.19. The second kappa shape index (κ2) is 12.1. The Labute approximate surface area is 203 Å². The van der Waals surface area contributed by atoms with Gasteiger partial charge in [0.1, 0.15) is 11.5 Å². The normalized spacial score (nSPS) is 11.5. The highest BCUT2D eigenvalue weighted by atomic mass is 32.2. The van der Waals surface area contributed by atoms with E-state index in [1.807, 2.05) is 63.4 Å². The van der Waals surface area contributed by atoms with Crippen LogP contribution in [0.1, 0.15) is 31.3 Å². The van der Waals surface area contributed by atoms with Gasteiger partial charge in [-0.15, -0.1) is 10.2 Å². The lowest BCUT2D eigenvalue weighted by molar-refractivity contribution is -0.121. The number of rotatable bonds is 11. The van der Waals surface area contributed by atoms with E-state index < -0.39 is 0 Å². The van der Waals surface area contributed by atoms with E-state index in [9.17, 15) is 9.59 Å². The summed E-state index contributed by atoms with van der Waals surface area (Å²) in [5.41, 5.74) is 1.51. The largest absolute Gasteiger partial charge is 0.497 e. The molecule has 0 bridgehead atoms. The number of thioether (sulfide) groups is 1. The van der Waals surface area contributed by atoms with Crippen LogP contribution in [0.15, 0.2) is 53.7 Å². The van der Waals surface area contributed by atoms with E-state index in [1.54, 1.807) is 17.7 Å². The van der Waals surface area contributed by atoms with Crippen molar-refractivity contribution in [3.63, 3.8) is 0 Å². The van der Waals surface area contributed by atoms with Gasteiger partial charge in [-0.05, 0) is 43.7 Å². The first kappa shape index (κ1) is 25.1. The Balaban J connectivity index is 1.53. The lowest BCUT2D eigenvalue weighted by Crippen LogP contribution is -2.29. The van der Waals surface area contributed by atoms with Crippen LogP contribution in [0.5, 0.6) is 11.5 Å². The summed E-state index contributed by atoms with van der Waals surface area (Å²) in [6.45, 7) is 4.25. The summed E-state index contributed by atoms with van der Waals surface area (Å²) < 4.78 is 12.5. The smallest absolute Gasteiger partial charge is 0.234 e. The molecule has 3 aromatic rings. The summed E-state index contributed by atoms with van der Waals surface area (Å²) in [7, 11) is 3.41. The quantitative estimate of drug-likeness (QED) is 0.403. The molecule has 34 heavy (non-hydrogen) atoms. The highest BCUT2D eigenvalue weighted by Crippen LogP contribution is 2.25. The fourth-order valence-corrected chi connectivity index (χ4v) is 4.00. The van der Waals surface area contributed by atoms with Gasteiger partial charge in [-0.25, -0.2) is 0 Å². The van der Waals surface area contributed by atoms with Crippen LogP contribution in [0.3, 0.4) is 0 Å². The number of para-hydroxylation sites is 2. The predicted molar refractivity (Wildman–Crippen MR) is 131 cm³/mol. The van der Waals surface area contributed by atoms with Crippen molar-refractivity contribution in [2.24, 2.45) is 7.05 Å². The van der Waals surface area contributed by atoms with Gasteiger partial charge in [-0.3, -0.25) is 9.59 Å². The van der Waals surface area contributed by atoms with Crippen LogP contribution >= 0.6 is 11.8 Å². The maximum atomic E-state index is 12.5. The fraction of sp³-hybridized carbons (Fsp3) is 0.333. The minimum atomic E-state index is -0.343. The number of benzene rings is 2. The molecule has 2 aromatic carbocycles. The van der Waals surface area contributed by atoms with E-state index in [0.717, 1.165) is 11.3 Å². The monoisotopic (exact) mass is 483 g/mol. The topological polar surface area (TPSA) is 107 Å². The first-order valence-electron chi connectivity index (χ1n) is 10.9. The SMILES string of the molecule is CCOc1ccccc1NC(=O)CSc1nnc([C@H](C)NC(=O)Cc2ccc(OC)cc2)n1C. The molecule has 1 aromatic heterocycles. The van der Waals surface area contributed by atoms with Gasteiger partial charge in [0.05, 0.1) is 37.6 Å². The number of hydrogen-bond donors (Lipinski definition) is 2. The molecule has 1 heterocycles. The zero-order valence-electron chi connectivity index (χ0n) is 19.7. The lowest BCUT2D eigenvalue weighted by Gasteiger charge is -2.14. The average Bonchev–Trinajstić information content (AvgIpc) is 3.20. The Morgan fingerprint density at radius 3 is 2.53 bits per heavy atom. The summed E-state index contributed by atoms with van der Waals surface area (Å²) in [4.78, 5) is 24.9. The molecule has 0 fully saturated rings. The third-order valence-electron chi connectivity index (χ3n) is 4.95. The van der Waals surface area contributed by atoms with Gasteiger partial charge in [-0.2, -0.15) is 0 Å². The number of anilines is 1. The van der Waals surface area contributed by atoms with E-state index in [2.05, 4.69) is 20.8 Å². The third kappa shape index (κ3) is 6.74. The van der Waals surface area contributed by atoms with Crippen molar-refractivity contribution in [2.45, 2.75) is 31.5 Å². The maximum absolute atomic E-state index is 12.5. The number of nitrogens with one attached hydrogen (secondary N) is 2. The maximum Gasteiger partial charge on any atom is 0.234 e. The number of methoxy groups -OCH3 is 1. The van der Waals surface area contributed by atoms with Crippen molar-refractivity contribution in [3.8, 4) is 11.5 Å². The predicted octanol–water partition coefficient (Wildman–Crippen LogP) is 3.37. The van der Waals surface area contributed by atoms with E-state index in [1.165, 1.54) is 11.8 Å². The second-order valence-electron chi connectivity index (χ2n) is 7.48. The molecule has 1 atom stereocenters. The Hall–Kier alpha value is -3.53. The number of hydrogen-bond acceptors (Lipinski definition) is 7. The van der Waals surface area contributed by atoms with Crippen molar-refractivity contribution in [1.29, 1.82) is 0 Å². The molecule has 2 N–H and O–H groups in total. The Morgan fingerprint density at radius 1 is 1.09 bits per heavy atom. The molecular weight excluding hydrogens is 454 g/mol. The summed E-state index contributed by atoms with van der Waals surface area (Å²) in [5, 5.41) is 14.8. The zero-order valence-corrected chi connectivity index (χ0v) is 20.5. The number of carbonyl (C=O) groups excluding carboxylic acids is 2. The minimum Gasteiger partial charge on any atom is -0.497 e. The molecule has 0 aliphatic carbocycles. The molecular formula is C24H29N5O4S. The van der Waals surface area contributed by atoms with Crippen molar-refractivity contribution in [3.05, 3.63) is 59.9 Å². The molecule has 0 radical (unpaired) electrons. The van der Waals surface area contributed by atoms with E-state index in [4.69, 9.17) is 9.47 Å². The summed E-state index contributed by atoms with van der Waals surface area (Å²) >= 11 is 1.27. The van der Waals surface area contributed by atoms with Crippen LogP contribution in [-0.4, -0.2) is 46.0 Å². The van der Waals surface area contributed by atoms with Gasteiger partial charge in [0.15, 0.2) is 11.0 Å². The zero-order chi connectivity index (χ0) is 24.5. The number of ether oxygens (including phenoxy) is 2. The standard InChI is InChI=1S/C24H29N5O4S/c1-5-33-20-9-7-6-8-19(20)26-22(31)15-34-24-28-27-23(29(24)3)16(2)25-21(30)14-17-10-12-18(32-4)13-11-17/h6-13,16H,5,14-15H2,1-4H3,(H,25,30)(H,26,31)/t16-/m0/s1. The van der Waals surface area contributed by atoms with Gasteiger partial charge in [-0.1, -0.05) is 36.0 Å². The summed E-state index contributed by atoms with van der Waals surface area (Å²) in [5.74, 6) is 1.83. The molecule has 180 valence electrons. The first-order valence-corrected chi connectivity index (χ1v) is 11.9. The van der Waals surface area contributed by atoms with Crippen LogP contribution in [0.2, 0.25) is 0 Å². The van der Waals surface area contributed by atoms with Crippen molar-refractivity contribution in [2.75, 3.05) is 24.8 Å². The molecule has 0 aliphatic heterocycles. The highest BCUT2D eigenvalue weighted by molar-refractivity contribution is 7.99. The Bertz CT molecular complexity index is 1120. The average molecular weight is 484 g/mol. The van der Waals surface area contributed by atoms with Gasteiger partial charge in [0.25, 0.3) is 0 Å². The van der Waals surface area contributed by atoms with Gasteiger partial charge < -0.3 is 24.7 Å². The Morgan fingerprint density at radius 2 is 1.82 bits per heavy atom. The molecule has 0 spiro atoms. The molecule has 3 rings (SSSR count). The molecule has 9 nitrogen and oxygen atoms in total. The van der Waals surface area contributed by atoms with E-state index in [0.29, 0.717) is 29.0 Å². The van der Waals surface area contributed by atoms with E-state index >= 15 is 0 Å². The first-order chi connectivity index (χ1) is 16.4. The van der Waals surface area contributed by atoms with Crippen LogP contribution < -0.4 is 20.1 Å². The van der Waals surface area contributed by atoms with Gasteiger partial charge >= 0.3 is 0 Å². The van der Waals surface area contributed by atoms with Crippen molar-refractivity contribution >= 4 is 29.3 Å². The number of carbonyl (C=O) groups is 2. The molecule has 0 saturated carbocycles. The number of amides is 2. The van der Waals surface area contributed by atoms with Crippen LogP contribution in [0.4, 0.5) is 5.69 Å². The molecule has 0 saturated heterocycles. The van der Waals surface area contributed by atoms with Gasteiger partial charge in [0, 0.05) is 7.05 Å². The Kier molecular flexibility index (Phi) is 8.92. The fourth-order valence-electron chi connectivity index (χ4n) is 3.28. The van der Waals surface area contributed by atoms with Crippen LogP contribution in [0, 0.1) is 0 Å². The van der Waals surface area contributed by atoms with Crippen molar-refractivity contribution < 1.29 is 19.1 Å². The van der Waals surface area contributed by atoms with Crippen LogP contribution in [0.25, 0.3) is 0 Å². The third-order valence-corrected chi connectivity index (χ3v) is 5.97. The molecule has 10 heteroatoms. The van der Waals surface area contributed by atoms with Crippen LogP contribution in [-0.2, 0) is 23.1 Å². The molecule has 0 unspecified atom stereocenters. The summed E-state index contributed by atoms with van der Waals surface area (Å²) in [6, 6.07) is 14.3. The minimum absolute atomic E-state index is 0.123. The lowest BCUT2D eigenvalue weighted by atomic mass is 10.1. The summed E-state index contributed by atoms with van der Waals surface area (Å²) in [6.07, 6.45) is 0.247. The number of nitrogens with zero attached hydrogens (tertiary/aromatic N) is 3. The molecule has 0 aliphatic rings. The van der Waals surface area contributed by atoms with E-state index in [-0.39, 0.29) is 30.0 Å². The van der Waals surface area contributed by atoms with Gasteiger partial charge in [0.2, 0.25) is 11.8 Å². The number of aromatic nitrogens is 3.